The number of phosphoric ester groups is 1. The lowest BCUT2D eigenvalue weighted by atomic mass is 10.0. The maximum Gasteiger partial charge on any atom is 0.472 e. The number of hydrogen-bond donors (Lipinski definition) is 2. The highest BCUT2D eigenvalue weighted by atomic mass is 31.2. The number of carbonyl (C=O) groups excluding carboxylic acids is 2. The largest absolute Gasteiger partial charge is 0.472 e. The zero-order valence-electron chi connectivity index (χ0n) is 55.8. The fraction of sp³-hybridized carbons (Fsp3) is 0.917. The van der Waals surface area contributed by atoms with Gasteiger partial charge in [-0.25, -0.2) is 4.57 Å². The van der Waals surface area contributed by atoms with E-state index in [0.29, 0.717) is 23.9 Å². The molecule has 0 aromatic carbocycles. The quantitative estimate of drug-likeness (QED) is 0.0205. The number of nitrogens with zero attached hydrogens (tertiary/aromatic N) is 1. The van der Waals surface area contributed by atoms with Crippen LogP contribution in [0.2, 0.25) is 0 Å². The number of carbonyl (C=O) groups is 2. The smallest absolute Gasteiger partial charge is 0.456 e. The molecule has 0 fully saturated rings. The van der Waals surface area contributed by atoms with Crippen molar-refractivity contribution in [3.63, 3.8) is 0 Å². The third-order valence-corrected chi connectivity index (χ3v) is 17.6. The van der Waals surface area contributed by atoms with Crippen molar-refractivity contribution >= 4 is 19.7 Å². The van der Waals surface area contributed by atoms with E-state index in [1.165, 1.54) is 283 Å². The van der Waals surface area contributed by atoms with Gasteiger partial charge in [0.15, 0.2) is 0 Å². The van der Waals surface area contributed by atoms with Crippen molar-refractivity contribution in [3.8, 4) is 0 Å². The van der Waals surface area contributed by atoms with E-state index in [0.717, 1.165) is 57.8 Å². The summed E-state index contributed by atoms with van der Waals surface area (Å²) in [6.07, 6.45) is 76.2. The molecule has 0 saturated carbocycles. The zero-order chi connectivity index (χ0) is 60.0. The van der Waals surface area contributed by atoms with Crippen LogP contribution in [0.4, 0.5) is 0 Å². The predicted octanol–water partition coefficient (Wildman–Crippen LogP) is 22.9. The first-order chi connectivity index (χ1) is 39.9. The maximum atomic E-state index is 13.6. The number of ether oxygens (including phenoxy) is 1. The average molecular weight is 1180 g/mol. The van der Waals surface area contributed by atoms with Crippen LogP contribution in [0.5, 0.6) is 0 Å². The molecule has 3 unspecified atom stereocenters. The molecule has 1 amide bonds. The minimum absolute atomic E-state index is 0.0447. The Morgan fingerprint density at radius 3 is 1.04 bits per heavy atom. The van der Waals surface area contributed by atoms with Crippen molar-refractivity contribution in [2.75, 3.05) is 40.9 Å². The topological polar surface area (TPSA) is 111 Å². The van der Waals surface area contributed by atoms with Gasteiger partial charge in [-0.3, -0.25) is 18.6 Å². The molecular formula is C72H142N2O7P+. The molecule has 3 atom stereocenters. The van der Waals surface area contributed by atoms with Gasteiger partial charge in [0.2, 0.25) is 5.91 Å². The van der Waals surface area contributed by atoms with E-state index in [4.69, 9.17) is 13.8 Å². The fourth-order valence-electron chi connectivity index (χ4n) is 11.1. The highest BCUT2D eigenvalue weighted by Crippen LogP contribution is 2.43. The number of esters is 1. The highest BCUT2D eigenvalue weighted by molar-refractivity contribution is 7.47. The lowest BCUT2D eigenvalue weighted by Gasteiger charge is -2.27. The van der Waals surface area contributed by atoms with Crippen LogP contribution in [0, 0.1) is 0 Å². The molecular weight excluding hydrogens is 1040 g/mol. The van der Waals surface area contributed by atoms with Gasteiger partial charge in [0.05, 0.1) is 33.8 Å². The van der Waals surface area contributed by atoms with Crippen molar-refractivity contribution < 1.29 is 37.3 Å². The van der Waals surface area contributed by atoms with Crippen LogP contribution in [0.25, 0.3) is 0 Å². The molecule has 486 valence electrons. The van der Waals surface area contributed by atoms with Crippen LogP contribution in [0.1, 0.15) is 374 Å². The van der Waals surface area contributed by atoms with E-state index in [2.05, 4.69) is 44.3 Å². The Labute approximate surface area is 511 Å². The Kier molecular flexibility index (Phi) is 61.4. The van der Waals surface area contributed by atoms with Crippen molar-refractivity contribution in [2.45, 2.75) is 386 Å². The van der Waals surface area contributed by atoms with Gasteiger partial charge in [-0.15, -0.1) is 0 Å². The summed E-state index contributed by atoms with van der Waals surface area (Å²) in [5.41, 5.74) is 0. The third-order valence-electron chi connectivity index (χ3n) is 16.6. The summed E-state index contributed by atoms with van der Waals surface area (Å²) in [5.74, 6) is -0.480. The Hall–Kier alpha value is -1.51. The van der Waals surface area contributed by atoms with Gasteiger partial charge in [-0.1, -0.05) is 328 Å². The number of nitrogens with one attached hydrogen (secondary N) is 1. The highest BCUT2D eigenvalue weighted by Gasteiger charge is 2.30. The molecule has 10 heteroatoms. The lowest BCUT2D eigenvalue weighted by molar-refractivity contribution is -0.870. The standard InChI is InChI=1S/C72H141N2O7P/c1-7-10-13-16-19-22-25-28-30-32-34-35-36-37-38-39-41-42-44-46-49-52-55-58-61-64-71(75)73-69(68-80-82(77,78)79-67-66-74(4,5)6)70(63-60-57-54-51-48-27-24-21-18-15-12-9-3)81-72(76)65-62-59-56-53-50-47-45-43-40-33-31-29-26-23-20-17-14-11-8-2/h28,30,60,63,69-70H,7-27,29,31-59,61-62,64-68H2,1-6H3,(H-,73,75,77,78)/p+1/b30-28+,63-60-. The number of unbranched alkanes of at least 4 members (excludes halogenated alkanes) is 49. The Morgan fingerprint density at radius 1 is 0.415 bits per heavy atom. The molecule has 0 rings (SSSR count). The van der Waals surface area contributed by atoms with E-state index in [1.807, 2.05) is 27.2 Å². The minimum Gasteiger partial charge on any atom is -0.456 e. The van der Waals surface area contributed by atoms with Gasteiger partial charge >= 0.3 is 13.8 Å². The molecule has 0 spiro atoms. The normalized spacial score (nSPS) is 13.6. The summed E-state index contributed by atoms with van der Waals surface area (Å²) in [5, 5.41) is 3.08. The van der Waals surface area contributed by atoms with E-state index >= 15 is 0 Å². The summed E-state index contributed by atoms with van der Waals surface area (Å²) >= 11 is 0. The molecule has 0 aliphatic heterocycles. The lowest BCUT2D eigenvalue weighted by Crippen LogP contribution is -2.47. The van der Waals surface area contributed by atoms with E-state index in [-0.39, 0.29) is 25.1 Å². The predicted molar refractivity (Wildman–Crippen MR) is 356 cm³/mol. The monoisotopic (exact) mass is 1180 g/mol. The number of hydrogen-bond acceptors (Lipinski definition) is 6. The maximum absolute atomic E-state index is 13.6. The van der Waals surface area contributed by atoms with Gasteiger partial charge in [0, 0.05) is 12.8 Å². The molecule has 9 nitrogen and oxygen atoms in total. The van der Waals surface area contributed by atoms with Crippen molar-refractivity contribution in [1.29, 1.82) is 0 Å². The van der Waals surface area contributed by atoms with Crippen LogP contribution < -0.4 is 5.32 Å². The molecule has 0 heterocycles. The molecule has 0 radical (unpaired) electrons. The molecule has 2 N–H and O–H groups in total. The molecule has 0 aliphatic rings. The molecule has 82 heavy (non-hydrogen) atoms. The first-order valence-electron chi connectivity index (χ1n) is 36.2. The molecule has 0 aliphatic carbocycles. The van der Waals surface area contributed by atoms with Crippen LogP contribution in [0.15, 0.2) is 24.3 Å². The van der Waals surface area contributed by atoms with Crippen LogP contribution in [-0.2, 0) is 27.9 Å². The molecule has 0 bridgehead atoms. The van der Waals surface area contributed by atoms with Crippen LogP contribution in [-0.4, -0.2) is 74.3 Å². The Morgan fingerprint density at radius 2 is 0.707 bits per heavy atom. The van der Waals surface area contributed by atoms with E-state index in [9.17, 15) is 19.0 Å². The van der Waals surface area contributed by atoms with E-state index < -0.39 is 20.0 Å². The molecule has 0 aromatic rings. The second kappa shape index (κ2) is 62.5. The fourth-order valence-corrected chi connectivity index (χ4v) is 11.8. The van der Waals surface area contributed by atoms with E-state index in [1.54, 1.807) is 0 Å². The average Bonchev–Trinajstić information content (AvgIpc) is 3.44. The molecule has 0 aromatic heterocycles. The minimum atomic E-state index is -4.45. The summed E-state index contributed by atoms with van der Waals surface area (Å²) in [4.78, 5) is 37.9. The Balaban J connectivity index is 5.00. The number of allylic oxidation sites excluding steroid dienone is 3. The van der Waals surface area contributed by atoms with Crippen LogP contribution in [0.3, 0.4) is 0 Å². The van der Waals surface area contributed by atoms with Gasteiger partial charge in [0.1, 0.15) is 19.3 Å². The summed E-state index contributed by atoms with van der Waals surface area (Å²) < 4.78 is 30.8. The van der Waals surface area contributed by atoms with Gasteiger partial charge in [0.25, 0.3) is 0 Å². The number of rotatable bonds is 67. The first kappa shape index (κ1) is 80.5. The summed E-state index contributed by atoms with van der Waals surface area (Å²) in [6, 6.07) is -0.843. The summed E-state index contributed by atoms with van der Waals surface area (Å²) in [7, 11) is 1.52. The third kappa shape index (κ3) is 63.0. The second-order valence-corrected chi connectivity index (χ2v) is 27.6. The summed E-state index contributed by atoms with van der Waals surface area (Å²) in [6.45, 7) is 7.08. The number of quaternary nitrogens is 1. The van der Waals surface area contributed by atoms with Crippen molar-refractivity contribution in [1.82, 2.24) is 5.32 Å². The number of likely N-dealkylation sites (N-methyl/N-ethyl adjacent to an activating group) is 1. The number of amides is 1. The van der Waals surface area contributed by atoms with Crippen LogP contribution >= 0.6 is 7.82 Å². The van der Waals surface area contributed by atoms with Crippen molar-refractivity contribution in [2.24, 2.45) is 0 Å². The number of phosphoric acid groups is 1. The second-order valence-electron chi connectivity index (χ2n) is 26.1. The van der Waals surface area contributed by atoms with Gasteiger partial charge in [-0.05, 0) is 57.4 Å². The van der Waals surface area contributed by atoms with Crippen molar-refractivity contribution in [3.05, 3.63) is 24.3 Å². The van der Waals surface area contributed by atoms with Gasteiger partial charge < -0.3 is 19.4 Å². The van der Waals surface area contributed by atoms with Gasteiger partial charge in [-0.2, -0.15) is 0 Å². The SMILES string of the molecule is CCCCCCCC/C=C/CCCCCCCCCCCCCCCCCC(=O)NC(COP(=O)(O)OCC[N+](C)(C)C)C(/C=C\CCCCCCCCCCCC)OC(=O)CCCCCCCCCCCCCCCCCCCCC. The molecule has 0 saturated heterocycles. The zero-order valence-corrected chi connectivity index (χ0v) is 56.7. The Bertz CT molecular complexity index is 1450. The first-order valence-corrected chi connectivity index (χ1v) is 37.7.